The van der Waals surface area contributed by atoms with Gasteiger partial charge in [-0.3, -0.25) is 0 Å². The molecule has 0 bridgehead atoms. The second-order valence-electron chi connectivity index (χ2n) is 4.12. The van der Waals surface area contributed by atoms with Gasteiger partial charge in [0.25, 0.3) is 0 Å². The van der Waals surface area contributed by atoms with Crippen LogP contribution in [0.2, 0.25) is 10.0 Å². The SMILES string of the molecule is CC(C)Oc1nc(N)nc(-c2cc(Cl)cc(Cl)c2)n1. The van der Waals surface area contributed by atoms with Crippen molar-refractivity contribution in [3.63, 3.8) is 0 Å². The number of ether oxygens (including phenoxy) is 1. The maximum Gasteiger partial charge on any atom is 0.322 e. The molecular weight excluding hydrogens is 287 g/mol. The molecule has 2 rings (SSSR count). The zero-order valence-electron chi connectivity index (χ0n) is 10.4. The van der Waals surface area contributed by atoms with E-state index in [2.05, 4.69) is 15.0 Å². The van der Waals surface area contributed by atoms with Crippen molar-refractivity contribution < 1.29 is 4.74 Å². The number of halogens is 2. The van der Waals surface area contributed by atoms with Crippen LogP contribution in [-0.4, -0.2) is 21.1 Å². The van der Waals surface area contributed by atoms with Gasteiger partial charge in [0.2, 0.25) is 5.95 Å². The van der Waals surface area contributed by atoms with E-state index < -0.39 is 0 Å². The minimum Gasteiger partial charge on any atom is -0.461 e. The third-order valence-electron chi connectivity index (χ3n) is 2.09. The van der Waals surface area contributed by atoms with E-state index >= 15 is 0 Å². The predicted octanol–water partition coefficient (Wildman–Crippen LogP) is 3.21. The maximum absolute atomic E-state index is 5.95. The molecule has 0 saturated carbocycles. The molecule has 7 heteroatoms. The van der Waals surface area contributed by atoms with E-state index in [1.807, 2.05) is 13.8 Å². The van der Waals surface area contributed by atoms with Gasteiger partial charge in [-0.15, -0.1) is 0 Å². The summed E-state index contributed by atoms with van der Waals surface area (Å²) in [4.78, 5) is 12.1. The Morgan fingerprint density at radius 1 is 1.05 bits per heavy atom. The van der Waals surface area contributed by atoms with Crippen molar-refractivity contribution >= 4 is 29.2 Å². The molecule has 1 aromatic carbocycles. The Kier molecular flexibility index (Phi) is 4.07. The van der Waals surface area contributed by atoms with Gasteiger partial charge in [0.05, 0.1) is 6.10 Å². The molecule has 0 spiro atoms. The fourth-order valence-corrected chi connectivity index (χ4v) is 1.97. The quantitative estimate of drug-likeness (QED) is 0.942. The summed E-state index contributed by atoms with van der Waals surface area (Å²) in [5, 5.41) is 0.987. The van der Waals surface area contributed by atoms with Crippen LogP contribution in [0.1, 0.15) is 13.8 Å². The number of benzene rings is 1. The number of nitrogens with two attached hydrogens (primary N) is 1. The van der Waals surface area contributed by atoms with Crippen molar-refractivity contribution in [1.82, 2.24) is 15.0 Å². The largest absolute Gasteiger partial charge is 0.461 e. The van der Waals surface area contributed by atoms with Gasteiger partial charge >= 0.3 is 6.01 Å². The molecule has 0 amide bonds. The van der Waals surface area contributed by atoms with Crippen LogP contribution in [0.4, 0.5) is 5.95 Å². The van der Waals surface area contributed by atoms with Crippen molar-refractivity contribution in [3.8, 4) is 17.4 Å². The fraction of sp³-hybridized carbons (Fsp3) is 0.250. The first-order valence-electron chi connectivity index (χ1n) is 5.58. The van der Waals surface area contributed by atoms with Crippen molar-refractivity contribution in [3.05, 3.63) is 28.2 Å². The predicted molar refractivity (Wildman–Crippen MR) is 75.5 cm³/mol. The number of anilines is 1. The second-order valence-corrected chi connectivity index (χ2v) is 5.00. The highest BCUT2D eigenvalue weighted by atomic mass is 35.5. The molecule has 0 radical (unpaired) electrons. The Morgan fingerprint density at radius 2 is 1.68 bits per heavy atom. The molecule has 0 unspecified atom stereocenters. The number of nitrogens with zero attached hydrogens (tertiary/aromatic N) is 3. The van der Waals surface area contributed by atoms with E-state index in [4.69, 9.17) is 33.7 Å². The molecule has 100 valence electrons. The van der Waals surface area contributed by atoms with E-state index in [-0.39, 0.29) is 18.1 Å². The second kappa shape index (κ2) is 5.59. The summed E-state index contributed by atoms with van der Waals surface area (Å²) in [5.41, 5.74) is 6.29. The topological polar surface area (TPSA) is 73.9 Å². The van der Waals surface area contributed by atoms with Crippen LogP contribution in [0.5, 0.6) is 6.01 Å². The molecular formula is C12H12Cl2N4O. The molecule has 0 atom stereocenters. The highest BCUT2D eigenvalue weighted by Gasteiger charge is 2.10. The molecule has 2 aromatic rings. The molecule has 1 aromatic heterocycles. The van der Waals surface area contributed by atoms with Crippen molar-refractivity contribution in [2.75, 3.05) is 5.73 Å². The summed E-state index contributed by atoms with van der Waals surface area (Å²) in [5.74, 6) is 0.448. The Hall–Kier alpha value is -1.59. The van der Waals surface area contributed by atoms with Crippen LogP contribution < -0.4 is 10.5 Å². The number of aromatic nitrogens is 3. The van der Waals surface area contributed by atoms with Gasteiger partial charge in [0, 0.05) is 15.6 Å². The summed E-state index contributed by atoms with van der Waals surface area (Å²) in [6, 6.07) is 5.19. The standard InChI is InChI=1S/C12H12Cl2N4O/c1-6(2)19-12-17-10(16-11(15)18-12)7-3-8(13)5-9(14)4-7/h3-6H,1-2H3,(H2,15,16,17,18). The summed E-state index contributed by atoms with van der Waals surface area (Å²) < 4.78 is 5.41. The highest BCUT2D eigenvalue weighted by Crippen LogP contribution is 2.26. The molecule has 0 aliphatic rings. The first kappa shape index (κ1) is 13.8. The average Bonchev–Trinajstić information content (AvgIpc) is 2.25. The molecule has 19 heavy (non-hydrogen) atoms. The first-order valence-corrected chi connectivity index (χ1v) is 6.34. The monoisotopic (exact) mass is 298 g/mol. The van der Waals surface area contributed by atoms with Crippen LogP contribution in [0.3, 0.4) is 0 Å². The smallest absolute Gasteiger partial charge is 0.322 e. The van der Waals surface area contributed by atoms with Crippen LogP contribution in [0.25, 0.3) is 11.4 Å². The van der Waals surface area contributed by atoms with Gasteiger partial charge in [-0.1, -0.05) is 23.2 Å². The number of hydrogen-bond acceptors (Lipinski definition) is 5. The maximum atomic E-state index is 5.95. The third kappa shape index (κ3) is 3.68. The van der Waals surface area contributed by atoms with Gasteiger partial charge in [-0.05, 0) is 32.0 Å². The van der Waals surface area contributed by atoms with E-state index in [0.717, 1.165) is 0 Å². The number of nitrogen functional groups attached to an aromatic ring is 1. The summed E-state index contributed by atoms with van der Waals surface area (Å²) in [7, 11) is 0. The van der Waals surface area contributed by atoms with E-state index in [9.17, 15) is 0 Å². The molecule has 1 heterocycles. The normalized spacial score (nSPS) is 10.8. The van der Waals surface area contributed by atoms with Crippen LogP contribution in [-0.2, 0) is 0 Å². The van der Waals surface area contributed by atoms with Crippen LogP contribution in [0.15, 0.2) is 18.2 Å². The number of rotatable bonds is 3. The van der Waals surface area contributed by atoms with Gasteiger partial charge in [-0.25, -0.2) is 0 Å². The first-order chi connectivity index (χ1) is 8.94. The minimum atomic E-state index is -0.0578. The lowest BCUT2D eigenvalue weighted by Gasteiger charge is -2.09. The fourth-order valence-electron chi connectivity index (χ4n) is 1.45. The average molecular weight is 299 g/mol. The van der Waals surface area contributed by atoms with E-state index in [0.29, 0.717) is 21.4 Å². The van der Waals surface area contributed by atoms with Gasteiger partial charge in [0.15, 0.2) is 5.82 Å². The molecule has 0 aliphatic carbocycles. The molecule has 0 saturated heterocycles. The zero-order chi connectivity index (χ0) is 14.0. The summed E-state index contributed by atoms with van der Waals surface area (Å²) in [6.45, 7) is 3.74. The molecule has 0 aliphatic heterocycles. The van der Waals surface area contributed by atoms with Gasteiger partial charge < -0.3 is 10.5 Å². The summed E-state index contributed by atoms with van der Waals surface area (Å²) in [6.07, 6.45) is -0.0578. The Balaban J connectivity index is 2.46. The van der Waals surface area contributed by atoms with Crippen LogP contribution in [0, 0.1) is 0 Å². The van der Waals surface area contributed by atoms with Crippen molar-refractivity contribution in [2.24, 2.45) is 0 Å². The highest BCUT2D eigenvalue weighted by molar-refractivity contribution is 6.35. The zero-order valence-corrected chi connectivity index (χ0v) is 11.9. The summed E-state index contributed by atoms with van der Waals surface area (Å²) >= 11 is 11.9. The third-order valence-corrected chi connectivity index (χ3v) is 2.53. The lowest BCUT2D eigenvalue weighted by Crippen LogP contribution is -2.11. The van der Waals surface area contributed by atoms with Gasteiger partial charge in [-0.2, -0.15) is 15.0 Å². The Morgan fingerprint density at radius 3 is 2.26 bits per heavy atom. The van der Waals surface area contributed by atoms with E-state index in [1.54, 1.807) is 18.2 Å². The van der Waals surface area contributed by atoms with E-state index in [1.165, 1.54) is 0 Å². The lowest BCUT2D eigenvalue weighted by molar-refractivity contribution is 0.222. The Bertz CT molecular complexity index is 584. The van der Waals surface area contributed by atoms with Gasteiger partial charge in [0.1, 0.15) is 0 Å². The number of hydrogen-bond donors (Lipinski definition) is 1. The van der Waals surface area contributed by atoms with Crippen LogP contribution >= 0.6 is 23.2 Å². The lowest BCUT2D eigenvalue weighted by atomic mass is 10.2. The molecule has 5 nitrogen and oxygen atoms in total. The molecule has 0 fully saturated rings. The van der Waals surface area contributed by atoms with Crippen molar-refractivity contribution in [2.45, 2.75) is 20.0 Å². The van der Waals surface area contributed by atoms with Crippen molar-refractivity contribution in [1.29, 1.82) is 0 Å². The molecule has 2 N–H and O–H groups in total. The Labute approximate surface area is 120 Å². The minimum absolute atomic E-state index is 0.0578.